The molecule has 90 valence electrons. The molecule has 1 aromatic carbocycles. The summed E-state index contributed by atoms with van der Waals surface area (Å²) in [6, 6.07) is 10.1. The minimum absolute atomic E-state index is 0.181. The molecule has 0 aliphatic carbocycles. The number of carbonyl (C=O) groups excluding carboxylic acids is 1. The van der Waals surface area contributed by atoms with Gasteiger partial charge in [0, 0.05) is 22.1 Å². The minimum atomic E-state index is 0.181. The topological polar surface area (TPSA) is 17.1 Å². The van der Waals surface area contributed by atoms with Gasteiger partial charge in [0.05, 0.1) is 3.79 Å². The molecular weight excluding hydrogens is 328 g/mol. The Morgan fingerprint density at radius 1 is 1.17 bits per heavy atom. The summed E-state index contributed by atoms with van der Waals surface area (Å²) in [6.45, 7) is 0. The Bertz CT molecular complexity index is 711. The van der Waals surface area contributed by atoms with E-state index in [4.69, 9.17) is 0 Å². The summed E-state index contributed by atoms with van der Waals surface area (Å²) in [5.74, 6) is 0.181. The second kappa shape index (κ2) is 4.96. The van der Waals surface area contributed by atoms with Crippen LogP contribution in [-0.4, -0.2) is 5.78 Å². The van der Waals surface area contributed by atoms with E-state index >= 15 is 0 Å². The van der Waals surface area contributed by atoms with Gasteiger partial charge in [-0.05, 0) is 44.4 Å². The number of benzene rings is 1. The van der Waals surface area contributed by atoms with E-state index in [1.165, 1.54) is 10.1 Å². The monoisotopic (exact) mass is 336 g/mol. The molecule has 0 unspecified atom stereocenters. The Kier molecular flexibility index (Phi) is 3.33. The van der Waals surface area contributed by atoms with E-state index in [-0.39, 0.29) is 5.78 Å². The lowest BCUT2D eigenvalue weighted by Gasteiger charge is -1.97. The highest BCUT2D eigenvalue weighted by atomic mass is 79.9. The van der Waals surface area contributed by atoms with Gasteiger partial charge in [0.1, 0.15) is 0 Å². The first-order valence-corrected chi connectivity index (χ1v) is 8.01. The fourth-order valence-electron chi connectivity index (χ4n) is 1.90. The molecule has 3 aromatic rings. The molecule has 0 fully saturated rings. The van der Waals surface area contributed by atoms with E-state index in [2.05, 4.69) is 33.4 Å². The Balaban J connectivity index is 1.90. The summed E-state index contributed by atoms with van der Waals surface area (Å²) in [5.41, 5.74) is 1.92. The fourth-order valence-corrected chi connectivity index (χ4v) is 4.02. The maximum atomic E-state index is 12.2. The van der Waals surface area contributed by atoms with Crippen LogP contribution >= 0.6 is 38.6 Å². The summed E-state index contributed by atoms with van der Waals surface area (Å²) >= 11 is 6.63. The van der Waals surface area contributed by atoms with Crippen molar-refractivity contribution < 1.29 is 4.79 Å². The number of hydrogen-bond donors (Lipinski definition) is 0. The molecule has 0 radical (unpaired) electrons. The van der Waals surface area contributed by atoms with Crippen LogP contribution in [0.3, 0.4) is 0 Å². The van der Waals surface area contributed by atoms with E-state index in [1.54, 1.807) is 22.7 Å². The van der Waals surface area contributed by atoms with Crippen LogP contribution in [-0.2, 0) is 6.42 Å². The third-order valence-corrected chi connectivity index (χ3v) is 5.32. The summed E-state index contributed by atoms with van der Waals surface area (Å²) in [4.78, 5) is 12.2. The van der Waals surface area contributed by atoms with Crippen LogP contribution in [0.4, 0.5) is 0 Å². The second-order valence-corrected chi connectivity index (χ2v) is 7.20. The van der Waals surface area contributed by atoms with Crippen LogP contribution in [0, 0.1) is 0 Å². The van der Waals surface area contributed by atoms with Crippen molar-refractivity contribution in [1.82, 2.24) is 0 Å². The van der Waals surface area contributed by atoms with Crippen LogP contribution in [0.5, 0.6) is 0 Å². The van der Waals surface area contributed by atoms with Crippen LogP contribution in [0.25, 0.3) is 10.1 Å². The Hall–Kier alpha value is -0.970. The van der Waals surface area contributed by atoms with Crippen LogP contribution in [0.15, 0.2) is 44.9 Å². The van der Waals surface area contributed by atoms with E-state index in [9.17, 15) is 4.79 Å². The number of fused-ring (bicyclic) bond motifs is 1. The van der Waals surface area contributed by atoms with Crippen LogP contribution < -0.4 is 0 Å². The lowest BCUT2D eigenvalue weighted by Crippen LogP contribution is -2.01. The van der Waals surface area contributed by atoms with Crippen molar-refractivity contribution in [2.24, 2.45) is 0 Å². The largest absolute Gasteiger partial charge is 0.294 e. The van der Waals surface area contributed by atoms with Gasteiger partial charge in [-0.2, -0.15) is 0 Å². The number of Topliss-reactive ketones (excluding diaryl/α,β-unsaturated/α-hetero) is 1. The minimum Gasteiger partial charge on any atom is -0.294 e. The van der Waals surface area contributed by atoms with Gasteiger partial charge in [0.25, 0.3) is 0 Å². The first-order chi connectivity index (χ1) is 8.74. The highest BCUT2D eigenvalue weighted by Crippen LogP contribution is 2.28. The van der Waals surface area contributed by atoms with Crippen molar-refractivity contribution in [3.05, 3.63) is 56.0 Å². The molecule has 2 aromatic heterocycles. The SMILES string of the molecule is O=C(Cc1csc2ccccc12)c1csc(Br)c1. The average molecular weight is 337 g/mol. The Morgan fingerprint density at radius 2 is 2.00 bits per heavy atom. The molecule has 0 atom stereocenters. The predicted molar refractivity (Wildman–Crippen MR) is 81.9 cm³/mol. The number of rotatable bonds is 3. The normalized spacial score (nSPS) is 10.9. The molecule has 0 saturated carbocycles. The molecule has 0 bridgehead atoms. The number of carbonyl (C=O) groups is 1. The molecule has 4 heteroatoms. The third kappa shape index (κ3) is 2.28. The van der Waals surface area contributed by atoms with Crippen LogP contribution in [0.2, 0.25) is 0 Å². The molecule has 0 aliphatic rings. The van der Waals surface area contributed by atoms with Gasteiger partial charge < -0.3 is 0 Å². The standard InChI is InChI=1S/C14H9BrOS2/c15-14-6-10(8-18-14)12(16)5-9-7-17-13-4-2-1-3-11(9)13/h1-4,6-8H,5H2. The first kappa shape index (κ1) is 12.1. The van der Waals surface area contributed by atoms with E-state index in [0.29, 0.717) is 6.42 Å². The quantitative estimate of drug-likeness (QED) is 0.604. The molecule has 1 nitrogen and oxygen atoms in total. The molecular formula is C14H9BrOS2. The van der Waals surface area contributed by atoms with Crippen molar-refractivity contribution in [2.75, 3.05) is 0 Å². The highest BCUT2D eigenvalue weighted by Gasteiger charge is 2.12. The number of hydrogen-bond acceptors (Lipinski definition) is 3. The van der Waals surface area contributed by atoms with E-state index < -0.39 is 0 Å². The average Bonchev–Trinajstić information content (AvgIpc) is 2.97. The summed E-state index contributed by atoms with van der Waals surface area (Å²) in [6.07, 6.45) is 0.479. The molecule has 3 rings (SSSR count). The number of ketones is 1. The lowest BCUT2D eigenvalue weighted by atomic mass is 10.0. The third-order valence-electron chi connectivity index (χ3n) is 2.80. The lowest BCUT2D eigenvalue weighted by molar-refractivity contribution is 0.0994. The maximum absolute atomic E-state index is 12.2. The highest BCUT2D eigenvalue weighted by molar-refractivity contribution is 9.11. The molecule has 0 aliphatic heterocycles. The molecule has 0 saturated heterocycles. The zero-order valence-corrected chi connectivity index (χ0v) is 12.6. The van der Waals surface area contributed by atoms with E-state index in [0.717, 1.165) is 14.9 Å². The number of halogens is 1. The van der Waals surface area contributed by atoms with Gasteiger partial charge in [-0.1, -0.05) is 18.2 Å². The first-order valence-electron chi connectivity index (χ1n) is 5.46. The van der Waals surface area contributed by atoms with Crippen molar-refractivity contribution in [2.45, 2.75) is 6.42 Å². The maximum Gasteiger partial charge on any atom is 0.168 e. The smallest absolute Gasteiger partial charge is 0.168 e. The molecule has 0 amide bonds. The summed E-state index contributed by atoms with van der Waals surface area (Å²) < 4.78 is 2.24. The van der Waals surface area contributed by atoms with Gasteiger partial charge in [-0.15, -0.1) is 22.7 Å². The van der Waals surface area contributed by atoms with Gasteiger partial charge in [-0.3, -0.25) is 4.79 Å². The molecule has 0 spiro atoms. The summed E-state index contributed by atoms with van der Waals surface area (Å²) in [5, 5.41) is 5.19. The van der Waals surface area contributed by atoms with Gasteiger partial charge in [-0.25, -0.2) is 0 Å². The second-order valence-electron chi connectivity index (χ2n) is 4.00. The van der Waals surface area contributed by atoms with Gasteiger partial charge >= 0.3 is 0 Å². The van der Waals surface area contributed by atoms with Crippen molar-refractivity contribution in [3.8, 4) is 0 Å². The predicted octanol–water partition coefficient (Wildman–Crippen LogP) is 5.15. The molecule has 18 heavy (non-hydrogen) atoms. The zero-order chi connectivity index (χ0) is 12.5. The van der Waals surface area contributed by atoms with E-state index in [1.807, 2.05) is 23.6 Å². The van der Waals surface area contributed by atoms with Gasteiger partial charge in [0.2, 0.25) is 0 Å². The summed E-state index contributed by atoms with van der Waals surface area (Å²) in [7, 11) is 0. The zero-order valence-electron chi connectivity index (χ0n) is 9.35. The Labute approximate surface area is 121 Å². The van der Waals surface area contributed by atoms with Crippen LogP contribution in [0.1, 0.15) is 15.9 Å². The fraction of sp³-hybridized carbons (Fsp3) is 0.0714. The van der Waals surface area contributed by atoms with Crippen molar-refractivity contribution in [1.29, 1.82) is 0 Å². The number of thiophene rings is 2. The Morgan fingerprint density at radius 3 is 2.78 bits per heavy atom. The molecule has 0 N–H and O–H groups in total. The van der Waals surface area contributed by atoms with Crippen molar-refractivity contribution >= 4 is 54.5 Å². The molecule has 2 heterocycles. The van der Waals surface area contributed by atoms with Crippen molar-refractivity contribution in [3.63, 3.8) is 0 Å². The van der Waals surface area contributed by atoms with Gasteiger partial charge in [0.15, 0.2) is 5.78 Å².